The molecule has 0 aromatic rings. The highest BCUT2D eigenvalue weighted by atomic mass is 16.3. The molecule has 2 aliphatic carbocycles. The van der Waals surface area contributed by atoms with Crippen molar-refractivity contribution < 1.29 is 5.11 Å². The number of rotatable bonds is 2. The molecule has 1 heteroatoms. The average molecular weight is 166 g/mol. The van der Waals surface area contributed by atoms with Crippen LogP contribution >= 0.6 is 0 Å². The standard InChI is InChI=1S/C11H18O/c1-11(2,7-12)10-6-8-3-4-9(10)5-8/h3-4,8-10,12H,5-7H2,1-2H3. The second kappa shape index (κ2) is 2.59. The number of allylic oxidation sites excluding steroid dienone is 2. The first-order chi connectivity index (χ1) is 5.63. The van der Waals surface area contributed by atoms with Crippen LogP contribution in [0.15, 0.2) is 12.2 Å². The molecule has 68 valence electrons. The van der Waals surface area contributed by atoms with Gasteiger partial charge in [0.15, 0.2) is 0 Å². The quantitative estimate of drug-likeness (QED) is 0.624. The Kier molecular flexibility index (Phi) is 1.80. The van der Waals surface area contributed by atoms with Crippen molar-refractivity contribution in [1.82, 2.24) is 0 Å². The highest BCUT2D eigenvalue weighted by molar-refractivity contribution is 5.12. The minimum Gasteiger partial charge on any atom is -0.396 e. The van der Waals surface area contributed by atoms with Gasteiger partial charge in [0.25, 0.3) is 0 Å². The maximum atomic E-state index is 9.26. The lowest BCUT2D eigenvalue weighted by molar-refractivity contribution is 0.0816. The van der Waals surface area contributed by atoms with E-state index in [4.69, 9.17) is 0 Å². The summed E-state index contributed by atoms with van der Waals surface area (Å²) in [4.78, 5) is 0. The molecule has 0 saturated heterocycles. The molecule has 2 aliphatic rings. The second-order valence-electron chi connectivity index (χ2n) is 5.03. The maximum absolute atomic E-state index is 9.26. The Morgan fingerprint density at radius 1 is 1.33 bits per heavy atom. The lowest BCUT2D eigenvalue weighted by Crippen LogP contribution is -2.30. The van der Waals surface area contributed by atoms with Gasteiger partial charge in [0.05, 0.1) is 0 Å². The summed E-state index contributed by atoms with van der Waals surface area (Å²) in [7, 11) is 0. The van der Waals surface area contributed by atoms with Gasteiger partial charge in [0.2, 0.25) is 0 Å². The Hall–Kier alpha value is -0.300. The molecule has 3 atom stereocenters. The topological polar surface area (TPSA) is 20.2 Å². The zero-order valence-corrected chi connectivity index (χ0v) is 7.96. The summed E-state index contributed by atoms with van der Waals surface area (Å²) in [6.45, 7) is 4.70. The van der Waals surface area contributed by atoms with E-state index in [0.717, 1.165) is 17.8 Å². The fourth-order valence-electron chi connectivity index (χ4n) is 2.80. The molecule has 0 radical (unpaired) electrons. The monoisotopic (exact) mass is 166 g/mol. The fraction of sp³-hybridized carbons (Fsp3) is 0.818. The lowest BCUT2D eigenvalue weighted by Gasteiger charge is -2.34. The molecule has 1 N–H and O–H groups in total. The van der Waals surface area contributed by atoms with Gasteiger partial charge in [0.1, 0.15) is 0 Å². The van der Waals surface area contributed by atoms with E-state index in [1.165, 1.54) is 12.8 Å². The van der Waals surface area contributed by atoms with Gasteiger partial charge >= 0.3 is 0 Å². The van der Waals surface area contributed by atoms with Crippen molar-refractivity contribution in [3.8, 4) is 0 Å². The largest absolute Gasteiger partial charge is 0.396 e. The first kappa shape index (κ1) is 8.31. The Labute approximate surface area is 74.5 Å². The summed E-state index contributed by atoms with van der Waals surface area (Å²) in [5.74, 6) is 2.31. The normalized spacial score (nSPS) is 39.4. The summed E-state index contributed by atoms with van der Waals surface area (Å²) in [6.07, 6.45) is 7.35. The van der Waals surface area contributed by atoms with Crippen molar-refractivity contribution >= 4 is 0 Å². The Balaban J connectivity index is 2.12. The van der Waals surface area contributed by atoms with Gasteiger partial charge in [-0.05, 0) is 36.0 Å². The van der Waals surface area contributed by atoms with Gasteiger partial charge < -0.3 is 5.11 Å². The zero-order chi connectivity index (χ0) is 8.77. The Morgan fingerprint density at radius 2 is 2.08 bits per heavy atom. The van der Waals surface area contributed by atoms with Crippen molar-refractivity contribution in [3.63, 3.8) is 0 Å². The van der Waals surface area contributed by atoms with Gasteiger partial charge in [-0.3, -0.25) is 0 Å². The second-order valence-corrected chi connectivity index (χ2v) is 5.03. The molecule has 12 heavy (non-hydrogen) atoms. The molecule has 0 amide bonds. The molecular formula is C11H18O. The smallest absolute Gasteiger partial charge is 0.0485 e. The number of hydrogen-bond acceptors (Lipinski definition) is 1. The molecule has 1 saturated carbocycles. The Morgan fingerprint density at radius 3 is 2.50 bits per heavy atom. The summed E-state index contributed by atoms with van der Waals surface area (Å²) in [5, 5.41) is 9.26. The average Bonchev–Trinajstić information content (AvgIpc) is 2.64. The lowest BCUT2D eigenvalue weighted by atomic mass is 9.72. The van der Waals surface area contributed by atoms with Crippen LogP contribution in [0.2, 0.25) is 0 Å². The highest BCUT2D eigenvalue weighted by Crippen LogP contribution is 2.50. The molecule has 0 spiro atoms. The van der Waals surface area contributed by atoms with Crippen LogP contribution in [0.5, 0.6) is 0 Å². The molecule has 0 aliphatic heterocycles. The van der Waals surface area contributed by atoms with Crippen LogP contribution in [0.4, 0.5) is 0 Å². The van der Waals surface area contributed by atoms with Gasteiger partial charge in [-0.2, -0.15) is 0 Å². The minimum absolute atomic E-state index is 0.129. The third kappa shape index (κ3) is 1.11. The molecular weight excluding hydrogens is 148 g/mol. The van der Waals surface area contributed by atoms with Crippen LogP contribution < -0.4 is 0 Å². The van der Waals surface area contributed by atoms with Crippen LogP contribution in [0, 0.1) is 23.2 Å². The summed E-state index contributed by atoms with van der Waals surface area (Å²) in [5.41, 5.74) is 0.129. The molecule has 1 fully saturated rings. The van der Waals surface area contributed by atoms with Crippen molar-refractivity contribution in [2.24, 2.45) is 23.2 Å². The predicted octanol–water partition coefficient (Wildman–Crippen LogP) is 2.22. The summed E-state index contributed by atoms with van der Waals surface area (Å²) >= 11 is 0. The van der Waals surface area contributed by atoms with E-state index in [1.807, 2.05) is 0 Å². The van der Waals surface area contributed by atoms with E-state index in [1.54, 1.807) is 0 Å². The third-order valence-electron chi connectivity index (χ3n) is 3.69. The van der Waals surface area contributed by atoms with Crippen molar-refractivity contribution in [2.45, 2.75) is 26.7 Å². The zero-order valence-electron chi connectivity index (χ0n) is 7.96. The van der Waals surface area contributed by atoms with E-state index in [2.05, 4.69) is 26.0 Å². The van der Waals surface area contributed by atoms with Crippen molar-refractivity contribution in [2.75, 3.05) is 6.61 Å². The van der Waals surface area contributed by atoms with Gasteiger partial charge in [0, 0.05) is 6.61 Å². The van der Waals surface area contributed by atoms with E-state index in [0.29, 0.717) is 6.61 Å². The summed E-state index contributed by atoms with van der Waals surface area (Å²) < 4.78 is 0. The number of fused-ring (bicyclic) bond motifs is 2. The maximum Gasteiger partial charge on any atom is 0.0485 e. The van der Waals surface area contributed by atoms with E-state index in [-0.39, 0.29) is 5.41 Å². The van der Waals surface area contributed by atoms with Crippen LogP contribution in [0.3, 0.4) is 0 Å². The minimum atomic E-state index is 0.129. The van der Waals surface area contributed by atoms with E-state index in [9.17, 15) is 5.11 Å². The molecule has 2 bridgehead atoms. The van der Waals surface area contributed by atoms with Gasteiger partial charge in [-0.25, -0.2) is 0 Å². The van der Waals surface area contributed by atoms with E-state index >= 15 is 0 Å². The SMILES string of the molecule is CC(C)(CO)C1CC2C=CC1C2. The highest BCUT2D eigenvalue weighted by Gasteiger charge is 2.43. The van der Waals surface area contributed by atoms with Crippen molar-refractivity contribution in [3.05, 3.63) is 12.2 Å². The number of aliphatic hydroxyl groups excluding tert-OH is 1. The predicted molar refractivity (Wildman–Crippen MR) is 49.7 cm³/mol. The molecule has 3 unspecified atom stereocenters. The Bertz CT molecular complexity index is 205. The van der Waals surface area contributed by atoms with Gasteiger partial charge in [-0.1, -0.05) is 26.0 Å². The number of hydrogen-bond donors (Lipinski definition) is 1. The van der Waals surface area contributed by atoms with E-state index < -0.39 is 0 Å². The molecule has 0 aromatic heterocycles. The van der Waals surface area contributed by atoms with Crippen LogP contribution in [0.1, 0.15) is 26.7 Å². The van der Waals surface area contributed by atoms with Crippen LogP contribution in [-0.2, 0) is 0 Å². The molecule has 0 heterocycles. The summed E-state index contributed by atoms with van der Waals surface area (Å²) in [6, 6.07) is 0. The van der Waals surface area contributed by atoms with Crippen LogP contribution in [0.25, 0.3) is 0 Å². The first-order valence-corrected chi connectivity index (χ1v) is 4.92. The number of aliphatic hydroxyl groups is 1. The van der Waals surface area contributed by atoms with Crippen molar-refractivity contribution in [1.29, 1.82) is 0 Å². The van der Waals surface area contributed by atoms with Gasteiger partial charge in [-0.15, -0.1) is 0 Å². The van der Waals surface area contributed by atoms with Crippen LogP contribution in [-0.4, -0.2) is 11.7 Å². The molecule has 1 nitrogen and oxygen atoms in total. The first-order valence-electron chi connectivity index (χ1n) is 4.92. The third-order valence-corrected chi connectivity index (χ3v) is 3.69. The molecule has 0 aromatic carbocycles. The molecule has 2 rings (SSSR count). The fourth-order valence-corrected chi connectivity index (χ4v) is 2.80.